The van der Waals surface area contributed by atoms with E-state index in [1.54, 1.807) is 0 Å². The van der Waals surface area contributed by atoms with Crippen molar-refractivity contribution in [2.75, 3.05) is 47.4 Å². The van der Waals surface area contributed by atoms with Gasteiger partial charge in [-0.2, -0.15) is 0 Å². The van der Waals surface area contributed by atoms with Crippen molar-refractivity contribution in [3.63, 3.8) is 0 Å². The molecular weight excluding hydrogens is 360 g/mol. The molecule has 4 N–H and O–H groups in total. The first-order valence-electron chi connectivity index (χ1n) is 11.1. The predicted molar refractivity (Wildman–Crippen MR) is 121 cm³/mol. The Morgan fingerprint density at radius 3 is 1.45 bits per heavy atom. The minimum atomic E-state index is 0.597. The van der Waals surface area contributed by atoms with Crippen molar-refractivity contribution in [3.05, 3.63) is 36.7 Å². The van der Waals surface area contributed by atoms with Crippen molar-refractivity contribution in [1.82, 2.24) is 9.97 Å². The highest BCUT2D eigenvalue weighted by Gasteiger charge is 2.22. The van der Waals surface area contributed by atoms with Crippen LogP contribution in [0.5, 0.6) is 0 Å². The highest BCUT2D eigenvalue weighted by Crippen LogP contribution is 2.30. The van der Waals surface area contributed by atoms with Crippen LogP contribution in [0.15, 0.2) is 36.7 Å². The van der Waals surface area contributed by atoms with Crippen LogP contribution in [0.4, 0.5) is 23.0 Å². The van der Waals surface area contributed by atoms with Crippen molar-refractivity contribution in [1.29, 1.82) is 0 Å². The summed E-state index contributed by atoms with van der Waals surface area (Å²) in [5.41, 5.74) is 13.8. The van der Waals surface area contributed by atoms with Gasteiger partial charge in [0.05, 0.1) is 23.8 Å². The van der Waals surface area contributed by atoms with Gasteiger partial charge in [-0.05, 0) is 61.8 Å². The Bertz CT molecular complexity index is 678. The van der Waals surface area contributed by atoms with Crippen LogP contribution in [-0.4, -0.2) is 36.1 Å². The van der Waals surface area contributed by atoms with Crippen LogP contribution < -0.4 is 21.3 Å². The molecule has 2 aromatic rings. The molecule has 0 radical (unpaired) electrons. The molecular formula is C23H34N6. The number of pyridine rings is 2. The van der Waals surface area contributed by atoms with Gasteiger partial charge >= 0.3 is 0 Å². The van der Waals surface area contributed by atoms with E-state index in [0.717, 1.165) is 38.0 Å². The Hall–Kier alpha value is -2.50. The third kappa shape index (κ3) is 5.31. The topological polar surface area (TPSA) is 84.3 Å². The molecule has 2 aliphatic rings. The van der Waals surface area contributed by atoms with Gasteiger partial charge in [-0.3, -0.25) is 0 Å². The van der Waals surface area contributed by atoms with Crippen molar-refractivity contribution in [2.24, 2.45) is 11.8 Å². The average molecular weight is 395 g/mol. The molecule has 4 rings (SSSR count). The molecule has 6 nitrogen and oxygen atoms in total. The first kappa shape index (κ1) is 19.8. The minimum absolute atomic E-state index is 0.597. The van der Waals surface area contributed by atoms with Crippen LogP contribution in [0.3, 0.4) is 0 Å². The highest BCUT2D eigenvalue weighted by molar-refractivity contribution is 5.49. The zero-order valence-corrected chi connectivity index (χ0v) is 17.3. The summed E-state index contributed by atoms with van der Waals surface area (Å²) in [7, 11) is 0. The molecule has 4 heterocycles. The lowest BCUT2D eigenvalue weighted by Crippen LogP contribution is -2.34. The number of hydrogen-bond donors (Lipinski definition) is 2. The van der Waals surface area contributed by atoms with Crippen molar-refractivity contribution in [3.8, 4) is 0 Å². The van der Waals surface area contributed by atoms with Crippen molar-refractivity contribution >= 4 is 23.0 Å². The van der Waals surface area contributed by atoms with Gasteiger partial charge in [0, 0.05) is 26.2 Å². The standard InChI is InChI=1S/C23H34N6/c24-22-6-4-20(16-26-22)28-12-8-18(9-13-28)2-1-3-19-10-14-29(15-11-19)21-5-7-23(25)27-17-21/h4-7,16-19H,1-3,8-15H2,(H2,24,26)(H2,25,27). The number of nitrogens with zero attached hydrogens (tertiary/aromatic N) is 4. The summed E-state index contributed by atoms with van der Waals surface area (Å²) >= 11 is 0. The van der Waals surface area contributed by atoms with E-state index in [2.05, 4.69) is 31.9 Å². The molecule has 0 unspecified atom stereocenters. The Labute approximate surface area is 174 Å². The van der Waals surface area contributed by atoms with Gasteiger partial charge in [0.15, 0.2) is 0 Å². The number of rotatable bonds is 6. The van der Waals surface area contributed by atoms with Gasteiger partial charge in [0.2, 0.25) is 0 Å². The van der Waals surface area contributed by atoms with Gasteiger partial charge in [0.25, 0.3) is 0 Å². The summed E-state index contributed by atoms with van der Waals surface area (Å²) in [6.07, 6.45) is 13.2. The molecule has 0 aromatic carbocycles. The second kappa shape index (κ2) is 9.33. The van der Waals surface area contributed by atoms with Gasteiger partial charge in [-0.1, -0.05) is 19.3 Å². The van der Waals surface area contributed by atoms with Crippen molar-refractivity contribution < 1.29 is 0 Å². The molecule has 156 valence electrons. The van der Waals surface area contributed by atoms with Crippen LogP contribution >= 0.6 is 0 Å². The second-order valence-electron chi connectivity index (χ2n) is 8.67. The van der Waals surface area contributed by atoms with E-state index in [0.29, 0.717) is 11.6 Å². The van der Waals surface area contributed by atoms with E-state index >= 15 is 0 Å². The highest BCUT2D eigenvalue weighted by atomic mass is 15.1. The monoisotopic (exact) mass is 394 g/mol. The Kier molecular flexibility index (Phi) is 6.37. The third-order valence-corrected chi connectivity index (χ3v) is 6.73. The Morgan fingerprint density at radius 1 is 0.690 bits per heavy atom. The van der Waals surface area contributed by atoms with E-state index in [1.165, 1.54) is 56.3 Å². The molecule has 0 spiro atoms. The van der Waals surface area contributed by atoms with Crippen LogP contribution in [0.1, 0.15) is 44.9 Å². The fourth-order valence-corrected chi connectivity index (χ4v) is 4.82. The maximum atomic E-state index is 5.70. The maximum absolute atomic E-state index is 5.70. The molecule has 0 bridgehead atoms. The molecule has 2 aromatic heterocycles. The number of aromatic nitrogens is 2. The van der Waals surface area contributed by atoms with E-state index in [9.17, 15) is 0 Å². The summed E-state index contributed by atoms with van der Waals surface area (Å²) in [5.74, 6) is 2.96. The lowest BCUT2D eigenvalue weighted by atomic mass is 9.86. The quantitative estimate of drug-likeness (QED) is 0.772. The molecule has 0 saturated carbocycles. The smallest absolute Gasteiger partial charge is 0.123 e. The van der Waals surface area contributed by atoms with E-state index < -0.39 is 0 Å². The zero-order chi connectivity index (χ0) is 20.1. The van der Waals surface area contributed by atoms with E-state index in [1.807, 2.05) is 24.5 Å². The molecule has 2 saturated heterocycles. The Morgan fingerprint density at radius 2 is 1.10 bits per heavy atom. The van der Waals surface area contributed by atoms with Crippen molar-refractivity contribution in [2.45, 2.75) is 44.9 Å². The SMILES string of the molecule is Nc1ccc(N2CCC(CCCC3CCN(c4ccc(N)nc4)CC3)CC2)cn1. The Balaban J connectivity index is 1.13. The normalized spacial score (nSPS) is 18.9. The maximum Gasteiger partial charge on any atom is 0.123 e. The molecule has 2 aliphatic heterocycles. The first-order valence-corrected chi connectivity index (χ1v) is 11.1. The van der Waals surface area contributed by atoms with Crippen LogP contribution in [0.25, 0.3) is 0 Å². The number of nitrogen functional groups attached to an aromatic ring is 2. The largest absolute Gasteiger partial charge is 0.384 e. The predicted octanol–water partition coefficient (Wildman–Crippen LogP) is 3.94. The lowest BCUT2D eigenvalue weighted by molar-refractivity contribution is 0.325. The number of anilines is 4. The number of nitrogens with two attached hydrogens (primary N) is 2. The van der Waals surface area contributed by atoms with Gasteiger partial charge < -0.3 is 21.3 Å². The van der Waals surface area contributed by atoms with Gasteiger partial charge in [0.1, 0.15) is 11.6 Å². The number of piperidine rings is 2. The molecule has 29 heavy (non-hydrogen) atoms. The third-order valence-electron chi connectivity index (χ3n) is 6.73. The van der Waals surface area contributed by atoms with E-state index in [-0.39, 0.29) is 0 Å². The van der Waals surface area contributed by atoms with Crippen LogP contribution in [0.2, 0.25) is 0 Å². The van der Waals surface area contributed by atoms with Gasteiger partial charge in [-0.15, -0.1) is 0 Å². The number of hydrogen-bond acceptors (Lipinski definition) is 6. The van der Waals surface area contributed by atoms with E-state index in [4.69, 9.17) is 11.5 Å². The summed E-state index contributed by atoms with van der Waals surface area (Å²) in [6, 6.07) is 7.98. The first-order chi connectivity index (χ1) is 14.2. The molecule has 0 amide bonds. The fraction of sp³-hybridized carbons (Fsp3) is 0.565. The lowest BCUT2D eigenvalue weighted by Gasteiger charge is -2.35. The summed E-state index contributed by atoms with van der Waals surface area (Å²) in [4.78, 5) is 13.4. The van der Waals surface area contributed by atoms with Gasteiger partial charge in [-0.25, -0.2) is 9.97 Å². The summed E-state index contributed by atoms with van der Waals surface area (Å²) < 4.78 is 0. The summed E-state index contributed by atoms with van der Waals surface area (Å²) in [5, 5.41) is 0. The second-order valence-corrected chi connectivity index (χ2v) is 8.67. The average Bonchev–Trinajstić information content (AvgIpc) is 2.76. The fourth-order valence-electron chi connectivity index (χ4n) is 4.82. The summed E-state index contributed by atoms with van der Waals surface area (Å²) in [6.45, 7) is 4.57. The zero-order valence-electron chi connectivity index (χ0n) is 17.3. The molecule has 6 heteroatoms. The molecule has 0 atom stereocenters. The molecule has 2 fully saturated rings. The van der Waals surface area contributed by atoms with Crippen LogP contribution in [-0.2, 0) is 0 Å². The van der Waals surface area contributed by atoms with Crippen LogP contribution in [0, 0.1) is 11.8 Å². The minimum Gasteiger partial charge on any atom is -0.384 e. The molecule has 0 aliphatic carbocycles.